The van der Waals surface area contributed by atoms with Crippen LogP contribution in [0.5, 0.6) is 0 Å². The molecule has 3 heterocycles. The van der Waals surface area contributed by atoms with Gasteiger partial charge in [-0.05, 0) is 51.4 Å². The van der Waals surface area contributed by atoms with Crippen LogP contribution in [0.3, 0.4) is 0 Å². The van der Waals surface area contributed by atoms with E-state index in [1.807, 2.05) is 6.08 Å². The largest absolute Gasteiger partial charge is 0.394 e. The summed E-state index contributed by atoms with van der Waals surface area (Å²) in [7, 11) is 0. The third-order valence-corrected chi connectivity index (χ3v) is 14.4. The van der Waals surface area contributed by atoms with Crippen LogP contribution < -0.4 is 5.32 Å². The average molecular weight is 1080 g/mol. The van der Waals surface area contributed by atoms with Crippen LogP contribution in [0.15, 0.2) is 36.5 Å². The second-order valence-corrected chi connectivity index (χ2v) is 20.7. The van der Waals surface area contributed by atoms with E-state index in [1.54, 1.807) is 6.08 Å². The zero-order valence-electron chi connectivity index (χ0n) is 45.3. The second-order valence-electron chi connectivity index (χ2n) is 20.7. The SMILES string of the molecule is CCCC/C=C\CCCCCCCC(=O)NC(COC1OC(CO)C(OC2OC(CO)C(OC3OC(CO)C(O)C(O)C3O)C(O)C2O)C(O)C1O)C(O)/C=C/CC/C=C/CCCCCCCCCCCCCCC. The predicted molar refractivity (Wildman–Crippen MR) is 282 cm³/mol. The molecule has 1 amide bonds. The number of unbranched alkanes of at least 4 members (excludes halogenated alkanes) is 21. The molecule has 17 unspecified atom stereocenters. The van der Waals surface area contributed by atoms with Crippen molar-refractivity contribution in [3.05, 3.63) is 36.5 Å². The van der Waals surface area contributed by atoms with Crippen molar-refractivity contribution in [1.82, 2.24) is 5.32 Å². The van der Waals surface area contributed by atoms with E-state index < -0.39 is 124 Å². The number of ether oxygens (including phenoxy) is 6. The van der Waals surface area contributed by atoms with Gasteiger partial charge in [0.15, 0.2) is 18.9 Å². The smallest absolute Gasteiger partial charge is 0.220 e. The molecule has 0 radical (unpaired) electrons. The van der Waals surface area contributed by atoms with Gasteiger partial charge in [0.1, 0.15) is 73.2 Å². The molecule has 19 heteroatoms. The van der Waals surface area contributed by atoms with E-state index in [2.05, 4.69) is 43.5 Å². The van der Waals surface area contributed by atoms with Crippen molar-refractivity contribution < 1.29 is 89.4 Å². The Morgan fingerprint density at radius 2 is 0.867 bits per heavy atom. The predicted octanol–water partition coefficient (Wildman–Crippen LogP) is 4.15. The lowest BCUT2D eigenvalue weighted by Gasteiger charge is -2.48. The summed E-state index contributed by atoms with van der Waals surface area (Å²) in [6, 6.07) is -0.991. The fourth-order valence-corrected chi connectivity index (χ4v) is 9.60. The number of aliphatic hydroxyl groups excluding tert-OH is 11. The minimum absolute atomic E-state index is 0.225. The van der Waals surface area contributed by atoms with E-state index >= 15 is 0 Å². The lowest BCUT2D eigenvalue weighted by Crippen LogP contribution is -2.66. The van der Waals surface area contributed by atoms with Gasteiger partial charge >= 0.3 is 0 Å². The van der Waals surface area contributed by atoms with E-state index in [0.29, 0.717) is 12.8 Å². The Morgan fingerprint density at radius 1 is 0.467 bits per heavy atom. The molecule has 3 fully saturated rings. The third kappa shape index (κ3) is 24.9. The molecule has 17 atom stereocenters. The van der Waals surface area contributed by atoms with Crippen molar-refractivity contribution in [3.8, 4) is 0 Å². The van der Waals surface area contributed by atoms with Gasteiger partial charge in [0.2, 0.25) is 5.91 Å². The number of carbonyl (C=O) groups is 1. The zero-order valence-corrected chi connectivity index (χ0v) is 45.3. The monoisotopic (exact) mass is 1080 g/mol. The highest BCUT2D eigenvalue weighted by Gasteiger charge is 2.53. The van der Waals surface area contributed by atoms with Gasteiger partial charge in [-0.15, -0.1) is 0 Å². The zero-order chi connectivity index (χ0) is 54.8. The number of aliphatic hydroxyl groups is 11. The molecular weight excluding hydrogens is 975 g/mol. The summed E-state index contributed by atoms with van der Waals surface area (Å²) in [6.07, 6.45) is 14.3. The van der Waals surface area contributed by atoms with Gasteiger partial charge in [0.05, 0.1) is 38.6 Å². The number of hydrogen-bond donors (Lipinski definition) is 12. The summed E-state index contributed by atoms with van der Waals surface area (Å²) in [5, 5.41) is 120. The van der Waals surface area contributed by atoms with Crippen LogP contribution in [-0.4, -0.2) is 193 Å². The number of nitrogens with one attached hydrogen (secondary N) is 1. The van der Waals surface area contributed by atoms with Crippen molar-refractivity contribution in [1.29, 1.82) is 0 Å². The summed E-state index contributed by atoms with van der Waals surface area (Å²) < 4.78 is 34.1. The Bertz CT molecular complexity index is 1520. The molecule has 3 aliphatic rings. The van der Waals surface area contributed by atoms with Crippen molar-refractivity contribution in [2.24, 2.45) is 0 Å². The van der Waals surface area contributed by atoms with Gasteiger partial charge in [-0.2, -0.15) is 0 Å². The summed E-state index contributed by atoms with van der Waals surface area (Å²) in [5.74, 6) is -0.298. The molecule has 438 valence electrons. The molecule has 0 aromatic heterocycles. The quantitative estimate of drug-likeness (QED) is 0.0302. The lowest BCUT2D eigenvalue weighted by molar-refractivity contribution is -0.379. The molecule has 3 rings (SSSR count). The fourth-order valence-electron chi connectivity index (χ4n) is 9.60. The van der Waals surface area contributed by atoms with Crippen molar-refractivity contribution in [2.75, 3.05) is 26.4 Å². The van der Waals surface area contributed by atoms with Crippen LogP contribution in [-0.2, 0) is 33.2 Å². The molecule has 0 spiro atoms. The lowest BCUT2D eigenvalue weighted by atomic mass is 9.96. The molecule has 12 N–H and O–H groups in total. The van der Waals surface area contributed by atoms with Gasteiger partial charge < -0.3 is 89.9 Å². The van der Waals surface area contributed by atoms with E-state index in [0.717, 1.165) is 57.8 Å². The summed E-state index contributed by atoms with van der Waals surface area (Å²) >= 11 is 0. The van der Waals surface area contributed by atoms with E-state index in [-0.39, 0.29) is 18.9 Å². The van der Waals surface area contributed by atoms with Gasteiger partial charge in [0, 0.05) is 6.42 Å². The van der Waals surface area contributed by atoms with Gasteiger partial charge in [-0.1, -0.05) is 159 Å². The Morgan fingerprint density at radius 3 is 1.37 bits per heavy atom. The maximum Gasteiger partial charge on any atom is 0.220 e. The second kappa shape index (κ2) is 40.2. The first kappa shape index (κ1) is 67.3. The minimum atomic E-state index is -1.98. The van der Waals surface area contributed by atoms with E-state index in [9.17, 15) is 61.0 Å². The molecule has 3 saturated heterocycles. The first-order valence-electron chi connectivity index (χ1n) is 28.7. The third-order valence-electron chi connectivity index (χ3n) is 14.4. The van der Waals surface area contributed by atoms with Gasteiger partial charge in [-0.3, -0.25) is 4.79 Å². The van der Waals surface area contributed by atoms with Crippen molar-refractivity contribution >= 4 is 5.91 Å². The topological polar surface area (TPSA) is 307 Å². The minimum Gasteiger partial charge on any atom is -0.394 e. The number of allylic oxidation sites excluding steroid dienone is 5. The van der Waals surface area contributed by atoms with Crippen LogP contribution in [0.2, 0.25) is 0 Å². The molecule has 75 heavy (non-hydrogen) atoms. The number of rotatable bonds is 41. The number of amides is 1. The highest BCUT2D eigenvalue weighted by molar-refractivity contribution is 5.76. The molecule has 0 bridgehead atoms. The van der Waals surface area contributed by atoms with Crippen LogP contribution >= 0.6 is 0 Å². The Labute approximate surface area is 447 Å². The normalized spacial score (nSPS) is 31.5. The summed E-state index contributed by atoms with van der Waals surface area (Å²) in [5.41, 5.74) is 0. The van der Waals surface area contributed by atoms with E-state index in [1.165, 1.54) is 89.9 Å². The molecule has 0 aromatic rings. The first-order valence-corrected chi connectivity index (χ1v) is 28.7. The van der Waals surface area contributed by atoms with Crippen LogP contribution in [0.25, 0.3) is 0 Å². The van der Waals surface area contributed by atoms with Gasteiger partial charge in [0.25, 0.3) is 0 Å². The molecule has 0 aliphatic carbocycles. The first-order chi connectivity index (χ1) is 36.3. The van der Waals surface area contributed by atoms with Crippen LogP contribution in [0, 0.1) is 0 Å². The Balaban J connectivity index is 1.53. The molecule has 19 nitrogen and oxygen atoms in total. The standard InChI is InChI=1S/C56H101NO18/c1-3-5-7-9-11-13-15-16-17-18-19-20-21-22-24-25-27-29-31-33-40(61)39(57-44(62)34-32-30-28-26-23-14-12-10-8-6-4-2)38-70-54-50(68)47(65)52(42(36-59)72-54)75-56-51(69)48(66)53(43(37-60)73-56)74-55-49(67)46(64)45(63)41(35-58)71-55/h10,12,24-25,31,33,39-43,45-56,58-61,63-69H,3-9,11,13-23,26-30,32,34-38H2,1-2H3,(H,57,62)/b12-10-,25-24+,33-31+. The van der Waals surface area contributed by atoms with Crippen molar-refractivity contribution in [2.45, 2.75) is 285 Å². The maximum absolute atomic E-state index is 13.2. The Hall–Kier alpha value is -1.99. The Kier molecular flexibility index (Phi) is 36.1. The molecular formula is C56H101NO18. The average Bonchev–Trinajstić information content (AvgIpc) is 3.41. The van der Waals surface area contributed by atoms with Crippen LogP contribution in [0.1, 0.15) is 181 Å². The summed E-state index contributed by atoms with van der Waals surface area (Å²) in [6.45, 7) is 1.63. The molecule has 0 saturated carbocycles. The molecule has 0 aromatic carbocycles. The maximum atomic E-state index is 13.2. The van der Waals surface area contributed by atoms with E-state index in [4.69, 9.17) is 28.4 Å². The van der Waals surface area contributed by atoms with Crippen molar-refractivity contribution in [3.63, 3.8) is 0 Å². The fraction of sp³-hybridized carbons (Fsp3) is 0.875. The summed E-state index contributed by atoms with van der Waals surface area (Å²) in [4.78, 5) is 13.2. The number of hydrogen-bond acceptors (Lipinski definition) is 18. The highest BCUT2D eigenvalue weighted by Crippen LogP contribution is 2.33. The van der Waals surface area contributed by atoms with Gasteiger partial charge in [-0.25, -0.2) is 0 Å². The van der Waals surface area contributed by atoms with Crippen LogP contribution in [0.4, 0.5) is 0 Å². The molecule has 3 aliphatic heterocycles. The number of carbonyl (C=O) groups excluding carboxylic acids is 1. The highest BCUT2D eigenvalue weighted by atomic mass is 16.8.